The first-order valence-corrected chi connectivity index (χ1v) is 7.00. The molecule has 2 aromatic rings. The third-order valence-electron chi connectivity index (χ3n) is 3.07. The number of benzene rings is 2. The van der Waals surface area contributed by atoms with Gasteiger partial charge >= 0.3 is 0 Å². The molecule has 5 heteroatoms. The van der Waals surface area contributed by atoms with Gasteiger partial charge in [0.2, 0.25) is 0 Å². The van der Waals surface area contributed by atoms with Gasteiger partial charge in [-0.25, -0.2) is 0 Å². The zero-order valence-electron chi connectivity index (χ0n) is 11.7. The molecule has 0 radical (unpaired) electrons. The third kappa shape index (κ3) is 3.69. The van der Waals surface area contributed by atoms with E-state index in [1.807, 2.05) is 24.3 Å². The lowest BCUT2D eigenvalue weighted by atomic mass is 10.0. The van der Waals surface area contributed by atoms with Crippen molar-refractivity contribution in [3.8, 4) is 11.5 Å². The molecule has 0 aliphatic heterocycles. The standard InChI is InChI=1S/C16H14Cl2O3/c1-20-11-5-3-10(4-6-11)7-15(19)12-8-14(18)16(21-2)9-13(12)17/h3-6,8-9H,7H2,1-2H3. The van der Waals surface area contributed by atoms with Crippen LogP contribution in [0, 0.1) is 0 Å². The number of ether oxygens (including phenoxy) is 2. The van der Waals surface area contributed by atoms with Crippen LogP contribution in [0.1, 0.15) is 15.9 Å². The van der Waals surface area contributed by atoms with Gasteiger partial charge in [0.1, 0.15) is 11.5 Å². The average Bonchev–Trinajstić information content (AvgIpc) is 2.49. The first-order valence-electron chi connectivity index (χ1n) is 6.24. The molecular formula is C16H14Cl2O3. The monoisotopic (exact) mass is 324 g/mol. The number of hydrogen-bond donors (Lipinski definition) is 0. The minimum atomic E-state index is -0.102. The van der Waals surface area contributed by atoms with E-state index in [4.69, 9.17) is 32.7 Å². The Bertz CT molecular complexity index is 651. The molecule has 2 aromatic carbocycles. The van der Waals surface area contributed by atoms with E-state index in [0.717, 1.165) is 11.3 Å². The Morgan fingerprint density at radius 1 is 1.00 bits per heavy atom. The smallest absolute Gasteiger partial charge is 0.168 e. The van der Waals surface area contributed by atoms with Gasteiger partial charge in [0.25, 0.3) is 0 Å². The summed E-state index contributed by atoms with van der Waals surface area (Å²) >= 11 is 12.1. The van der Waals surface area contributed by atoms with Crippen LogP contribution in [-0.2, 0) is 6.42 Å². The second-order valence-corrected chi connectivity index (χ2v) is 5.23. The van der Waals surface area contributed by atoms with E-state index in [-0.39, 0.29) is 12.2 Å². The summed E-state index contributed by atoms with van der Waals surface area (Å²) < 4.78 is 10.1. The van der Waals surface area contributed by atoms with Crippen molar-refractivity contribution in [3.63, 3.8) is 0 Å². The maximum absolute atomic E-state index is 12.3. The van der Waals surface area contributed by atoms with Crippen LogP contribution in [0.3, 0.4) is 0 Å². The Balaban J connectivity index is 2.21. The van der Waals surface area contributed by atoms with Gasteiger partial charge in [-0.1, -0.05) is 35.3 Å². The van der Waals surface area contributed by atoms with Crippen molar-refractivity contribution in [1.29, 1.82) is 0 Å². The largest absolute Gasteiger partial charge is 0.497 e. The number of hydrogen-bond acceptors (Lipinski definition) is 3. The van der Waals surface area contributed by atoms with Gasteiger partial charge in [0.15, 0.2) is 5.78 Å². The molecule has 0 aliphatic rings. The number of carbonyl (C=O) groups excluding carboxylic acids is 1. The molecule has 0 atom stereocenters. The van der Waals surface area contributed by atoms with Crippen molar-refractivity contribution >= 4 is 29.0 Å². The number of carbonyl (C=O) groups is 1. The van der Waals surface area contributed by atoms with E-state index in [1.165, 1.54) is 13.2 Å². The van der Waals surface area contributed by atoms with Crippen molar-refractivity contribution in [3.05, 3.63) is 57.6 Å². The van der Waals surface area contributed by atoms with Crippen LogP contribution >= 0.6 is 23.2 Å². The van der Waals surface area contributed by atoms with Crippen LogP contribution < -0.4 is 9.47 Å². The van der Waals surface area contributed by atoms with E-state index in [2.05, 4.69) is 0 Å². The highest BCUT2D eigenvalue weighted by Gasteiger charge is 2.15. The molecule has 0 aliphatic carbocycles. The molecular weight excluding hydrogens is 311 g/mol. The van der Waals surface area contributed by atoms with Gasteiger partial charge in [-0.3, -0.25) is 4.79 Å². The summed E-state index contributed by atoms with van der Waals surface area (Å²) in [6.45, 7) is 0. The van der Waals surface area contributed by atoms with Gasteiger partial charge in [0, 0.05) is 18.1 Å². The molecule has 21 heavy (non-hydrogen) atoms. The minimum absolute atomic E-state index is 0.102. The zero-order chi connectivity index (χ0) is 15.4. The summed E-state index contributed by atoms with van der Waals surface area (Å²) in [5.41, 5.74) is 1.27. The summed E-state index contributed by atoms with van der Waals surface area (Å²) in [7, 11) is 3.09. The van der Waals surface area contributed by atoms with Gasteiger partial charge < -0.3 is 9.47 Å². The Morgan fingerprint density at radius 3 is 2.24 bits per heavy atom. The van der Waals surface area contributed by atoms with Crippen LogP contribution in [-0.4, -0.2) is 20.0 Å². The maximum Gasteiger partial charge on any atom is 0.168 e. The van der Waals surface area contributed by atoms with E-state index >= 15 is 0 Å². The number of halogens is 2. The van der Waals surface area contributed by atoms with Crippen molar-refractivity contribution in [2.45, 2.75) is 6.42 Å². The lowest BCUT2D eigenvalue weighted by Crippen LogP contribution is -2.05. The van der Waals surface area contributed by atoms with E-state index in [9.17, 15) is 4.79 Å². The number of rotatable bonds is 5. The first kappa shape index (κ1) is 15.7. The van der Waals surface area contributed by atoms with Crippen LogP contribution in [0.4, 0.5) is 0 Å². The molecule has 0 heterocycles. The van der Waals surface area contributed by atoms with Gasteiger partial charge in [0.05, 0.1) is 24.3 Å². The molecule has 3 nitrogen and oxygen atoms in total. The number of ketones is 1. The van der Waals surface area contributed by atoms with E-state index in [1.54, 1.807) is 13.2 Å². The van der Waals surface area contributed by atoms with Crippen molar-refractivity contribution < 1.29 is 14.3 Å². The lowest BCUT2D eigenvalue weighted by Gasteiger charge is -2.08. The van der Waals surface area contributed by atoms with E-state index < -0.39 is 0 Å². The zero-order valence-corrected chi connectivity index (χ0v) is 13.2. The molecule has 0 spiro atoms. The molecule has 0 N–H and O–H groups in total. The van der Waals surface area contributed by atoms with Gasteiger partial charge in [-0.05, 0) is 23.8 Å². The maximum atomic E-state index is 12.3. The Labute approximate surface area is 133 Å². The Hall–Kier alpha value is -1.71. The Morgan fingerprint density at radius 2 is 1.67 bits per heavy atom. The quantitative estimate of drug-likeness (QED) is 0.763. The Kier molecular flexibility index (Phi) is 5.10. The highest BCUT2D eigenvalue weighted by atomic mass is 35.5. The fraction of sp³-hybridized carbons (Fsp3) is 0.188. The predicted molar refractivity (Wildman–Crippen MR) is 84.0 cm³/mol. The normalized spacial score (nSPS) is 10.3. The molecule has 0 aromatic heterocycles. The molecule has 0 fully saturated rings. The fourth-order valence-corrected chi connectivity index (χ4v) is 2.42. The molecule has 0 saturated heterocycles. The molecule has 0 saturated carbocycles. The predicted octanol–water partition coefficient (Wildman–Crippen LogP) is 4.44. The molecule has 0 amide bonds. The second-order valence-electron chi connectivity index (χ2n) is 4.41. The first-order chi connectivity index (χ1) is 10.0. The van der Waals surface area contributed by atoms with Crippen LogP contribution in [0.2, 0.25) is 10.0 Å². The molecule has 0 bridgehead atoms. The SMILES string of the molecule is COc1ccc(CC(=O)c2cc(Cl)c(OC)cc2Cl)cc1. The third-order valence-corrected chi connectivity index (χ3v) is 3.67. The summed E-state index contributed by atoms with van der Waals surface area (Å²) in [5.74, 6) is 1.09. The highest BCUT2D eigenvalue weighted by Crippen LogP contribution is 2.31. The number of methoxy groups -OCH3 is 2. The lowest BCUT2D eigenvalue weighted by molar-refractivity contribution is 0.0993. The summed E-state index contributed by atoms with van der Waals surface area (Å²) in [6.07, 6.45) is 0.242. The van der Waals surface area contributed by atoms with Gasteiger partial charge in [-0.2, -0.15) is 0 Å². The van der Waals surface area contributed by atoms with Crippen LogP contribution in [0.15, 0.2) is 36.4 Å². The molecule has 0 unspecified atom stereocenters. The highest BCUT2D eigenvalue weighted by molar-refractivity contribution is 6.36. The molecule has 2 rings (SSSR count). The minimum Gasteiger partial charge on any atom is -0.497 e. The van der Waals surface area contributed by atoms with Gasteiger partial charge in [-0.15, -0.1) is 0 Å². The fourth-order valence-electron chi connectivity index (χ4n) is 1.92. The average molecular weight is 325 g/mol. The summed E-state index contributed by atoms with van der Waals surface area (Å²) in [4.78, 5) is 12.3. The topological polar surface area (TPSA) is 35.5 Å². The van der Waals surface area contributed by atoms with Crippen molar-refractivity contribution in [1.82, 2.24) is 0 Å². The number of Topliss-reactive ketones (excluding diaryl/α,β-unsaturated/α-hetero) is 1. The van der Waals surface area contributed by atoms with Crippen LogP contribution in [0.25, 0.3) is 0 Å². The summed E-state index contributed by atoms with van der Waals surface area (Å²) in [5, 5.41) is 0.690. The second kappa shape index (κ2) is 6.83. The van der Waals surface area contributed by atoms with Crippen LogP contribution in [0.5, 0.6) is 11.5 Å². The van der Waals surface area contributed by atoms with E-state index in [0.29, 0.717) is 21.4 Å². The van der Waals surface area contributed by atoms with Crippen molar-refractivity contribution in [2.75, 3.05) is 14.2 Å². The summed E-state index contributed by atoms with van der Waals surface area (Å²) in [6, 6.07) is 10.4. The van der Waals surface area contributed by atoms with Crippen molar-refractivity contribution in [2.24, 2.45) is 0 Å². The molecule has 110 valence electrons.